The molecule has 0 spiro atoms. The lowest BCUT2D eigenvalue weighted by molar-refractivity contribution is -0.124. The summed E-state index contributed by atoms with van der Waals surface area (Å²) < 4.78 is 26.2. The maximum Gasteiger partial charge on any atom is 0.242 e. The molecule has 3 aromatic carbocycles. The summed E-state index contributed by atoms with van der Waals surface area (Å²) in [4.78, 5) is 18.1. The number of rotatable bonds is 5. The summed E-state index contributed by atoms with van der Waals surface area (Å²) in [6, 6.07) is 20.0. The first kappa shape index (κ1) is 23.0. The van der Waals surface area contributed by atoms with E-state index in [0.29, 0.717) is 13.0 Å². The van der Waals surface area contributed by atoms with Gasteiger partial charge < -0.3 is 4.90 Å². The van der Waals surface area contributed by atoms with Crippen LogP contribution in [0.15, 0.2) is 65.6 Å². The molecule has 1 amide bonds. The van der Waals surface area contributed by atoms with Gasteiger partial charge in [-0.2, -0.15) is 0 Å². The standard InChI is InChI=1S/C27H31N3O3S/c1-28(2)34(32,33)24-12-13-26-21(17-24)14-16-30(26)27(31)23-10-6-15-29(19-23)18-22-9-5-8-20-7-3-4-11-25(20)22/h3-5,7-9,11-13,17,23H,6,10,14-16,18-19H2,1-2H3. The predicted octanol–water partition coefficient (Wildman–Crippen LogP) is 3.89. The van der Waals surface area contributed by atoms with Crippen LogP contribution in [0.25, 0.3) is 10.8 Å². The van der Waals surface area contributed by atoms with E-state index < -0.39 is 10.0 Å². The Balaban J connectivity index is 1.31. The van der Waals surface area contributed by atoms with Crippen molar-refractivity contribution in [2.45, 2.75) is 30.7 Å². The van der Waals surface area contributed by atoms with Gasteiger partial charge in [-0.3, -0.25) is 9.69 Å². The van der Waals surface area contributed by atoms with E-state index in [4.69, 9.17) is 0 Å². The molecule has 0 aromatic heterocycles. The molecule has 3 aromatic rings. The second-order valence-electron chi connectivity index (χ2n) is 9.53. The van der Waals surface area contributed by atoms with Gasteiger partial charge >= 0.3 is 0 Å². The molecule has 1 unspecified atom stereocenters. The normalized spacial score (nSPS) is 19.0. The Morgan fingerprint density at radius 1 is 1.03 bits per heavy atom. The van der Waals surface area contributed by atoms with Crippen molar-refractivity contribution in [2.24, 2.45) is 5.92 Å². The molecule has 1 saturated heterocycles. The second kappa shape index (κ2) is 9.13. The van der Waals surface area contributed by atoms with Crippen LogP contribution in [-0.2, 0) is 27.8 Å². The smallest absolute Gasteiger partial charge is 0.242 e. The van der Waals surface area contributed by atoms with Crippen molar-refractivity contribution in [3.63, 3.8) is 0 Å². The summed E-state index contributed by atoms with van der Waals surface area (Å²) in [5.41, 5.74) is 3.08. The number of piperidine rings is 1. The monoisotopic (exact) mass is 477 g/mol. The average molecular weight is 478 g/mol. The van der Waals surface area contributed by atoms with E-state index in [9.17, 15) is 13.2 Å². The molecule has 1 atom stereocenters. The van der Waals surface area contributed by atoms with Crippen molar-refractivity contribution in [2.75, 3.05) is 38.6 Å². The molecule has 5 rings (SSSR count). The summed E-state index contributed by atoms with van der Waals surface area (Å²) in [5, 5.41) is 2.52. The predicted molar refractivity (Wildman–Crippen MR) is 135 cm³/mol. The van der Waals surface area contributed by atoms with Gasteiger partial charge in [-0.1, -0.05) is 42.5 Å². The number of fused-ring (bicyclic) bond motifs is 2. The van der Waals surface area contributed by atoms with Crippen molar-refractivity contribution in [1.29, 1.82) is 0 Å². The third kappa shape index (κ3) is 4.24. The third-order valence-electron chi connectivity index (χ3n) is 7.12. The lowest BCUT2D eigenvalue weighted by Crippen LogP contribution is -2.44. The lowest BCUT2D eigenvalue weighted by atomic mass is 9.95. The van der Waals surface area contributed by atoms with Crippen molar-refractivity contribution in [3.05, 3.63) is 71.8 Å². The molecule has 7 heteroatoms. The van der Waals surface area contributed by atoms with E-state index >= 15 is 0 Å². The van der Waals surface area contributed by atoms with Crippen molar-refractivity contribution in [3.8, 4) is 0 Å². The molecule has 0 radical (unpaired) electrons. The highest BCUT2D eigenvalue weighted by molar-refractivity contribution is 7.89. The maximum atomic E-state index is 13.5. The van der Waals surface area contributed by atoms with E-state index in [1.165, 1.54) is 34.7 Å². The SMILES string of the molecule is CN(C)S(=O)(=O)c1ccc2c(c1)CCN2C(=O)C1CCCN(Cc2cccc3ccccc23)C1. The fourth-order valence-corrected chi connectivity index (χ4v) is 6.22. The molecule has 2 aliphatic heterocycles. The highest BCUT2D eigenvalue weighted by atomic mass is 32.2. The Kier molecular flexibility index (Phi) is 6.18. The van der Waals surface area contributed by atoms with E-state index in [-0.39, 0.29) is 16.7 Å². The van der Waals surface area contributed by atoms with Gasteiger partial charge in [0, 0.05) is 39.4 Å². The molecule has 0 aliphatic carbocycles. The Morgan fingerprint density at radius 2 is 1.82 bits per heavy atom. The largest absolute Gasteiger partial charge is 0.312 e. The van der Waals surface area contributed by atoms with E-state index in [1.807, 2.05) is 4.90 Å². The zero-order valence-corrected chi connectivity index (χ0v) is 20.6. The number of benzene rings is 3. The summed E-state index contributed by atoms with van der Waals surface area (Å²) >= 11 is 0. The number of amides is 1. The molecule has 6 nitrogen and oxygen atoms in total. The highest BCUT2D eigenvalue weighted by Crippen LogP contribution is 2.33. The number of carbonyl (C=O) groups excluding carboxylic acids is 1. The fraction of sp³-hybridized carbons (Fsp3) is 0.370. The average Bonchev–Trinajstić information content (AvgIpc) is 3.27. The zero-order chi connectivity index (χ0) is 23.9. The Labute approximate surface area is 201 Å². The van der Waals surface area contributed by atoms with Crippen LogP contribution in [0.3, 0.4) is 0 Å². The summed E-state index contributed by atoms with van der Waals surface area (Å²) in [7, 11) is -0.420. The van der Waals surface area contributed by atoms with Crippen molar-refractivity contribution in [1.82, 2.24) is 9.21 Å². The van der Waals surface area contributed by atoms with Crippen LogP contribution in [0.2, 0.25) is 0 Å². The quantitative estimate of drug-likeness (QED) is 0.559. The van der Waals surface area contributed by atoms with Crippen LogP contribution in [0, 0.1) is 5.92 Å². The number of hydrogen-bond donors (Lipinski definition) is 0. The first-order valence-corrected chi connectivity index (χ1v) is 13.3. The van der Waals surface area contributed by atoms with Gasteiger partial charge in [0.25, 0.3) is 0 Å². The minimum Gasteiger partial charge on any atom is -0.312 e. The van der Waals surface area contributed by atoms with Gasteiger partial charge in [-0.25, -0.2) is 12.7 Å². The molecule has 0 N–H and O–H groups in total. The molecular weight excluding hydrogens is 446 g/mol. The number of sulfonamides is 1. The number of nitrogens with zero attached hydrogens (tertiary/aromatic N) is 3. The maximum absolute atomic E-state index is 13.5. The fourth-order valence-electron chi connectivity index (χ4n) is 5.27. The molecule has 2 aliphatic rings. The molecule has 2 heterocycles. The molecular formula is C27H31N3O3S. The third-order valence-corrected chi connectivity index (χ3v) is 8.93. The zero-order valence-electron chi connectivity index (χ0n) is 19.8. The highest BCUT2D eigenvalue weighted by Gasteiger charge is 2.34. The van der Waals surface area contributed by atoms with Crippen LogP contribution in [0.5, 0.6) is 0 Å². The minimum absolute atomic E-state index is 0.0418. The first-order valence-electron chi connectivity index (χ1n) is 11.9. The van der Waals surface area contributed by atoms with Crippen LogP contribution in [0.1, 0.15) is 24.0 Å². The lowest BCUT2D eigenvalue weighted by Gasteiger charge is -2.34. The number of likely N-dealkylation sites (tertiary alicyclic amines) is 1. The van der Waals surface area contributed by atoms with Crippen molar-refractivity contribution < 1.29 is 13.2 Å². The molecule has 1 fully saturated rings. The van der Waals surface area contributed by atoms with Gasteiger partial charge in [-0.05, 0) is 65.9 Å². The molecule has 178 valence electrons. The van der Waals surface area contributed by atoms with E-state index in [2.05, 4.69) is 47.4 Å². The van der Waals surface area contributed by atoms with Gasteiger partial charge in [0.05, 0.1) is 10.8 Å². The van der Waals surface area contributed by atoms with Crippen LogP contribution >= 0.6 is 0 Å². The van der Waals surface area contributed by atoms with E-state index in [1.54, 1.807) is 18.2 Å². The van der Waals surface area contributed by atoms with Crippen LogP contribution < -0.4 is 4.90 Å². The topological polar surface area (TPSA) is 60.9 Å². The van der Waals surface area contributed by atoms with Gasteiger partial charge in [-0.15, -0.1) is 0 Å². The number of hydrogen-bond acceptors (Lipinski definition) is 4. The first-order chi connectivity index (χ1) is 16.3. The van der Waals surface area contributed by atoms with Crippen LogP contribution in [0.4, 0.5) is 5.69 Å². The Bertz CT molecular complexity index is 1330. The molecule has 0 saturated carbocycles. The number of carbonyl (C=O) groups is 1. The summed E-state index contributed by atoms with van der Waals surface area (Å²) in [5.74, 6) is 0.115. The van der Waals surface area contributed by atoms with Crippen LogP contribution in [-0.4, -0.2) is 57.3 Å². The Hall–Kier alpha value is -2.74. The van der Waals surface area contributed by atoms with Gasteiger partial charge in [0.2, 0.25) is 15.9 Å². The summed E-state index contributed by atoms with van der Waals surface area (Å²) in [6.45, 7) is 3.20. The Morgan fingerprint density at radius 3 is 2.65 bits per heavy atom. The van der Waals surface area contributed by atoms with Crippen molar-refractivity contribution >= 4 is 32.4 Å². The molecule has 34 heavy (non-hydrogen) atoms. The van der Waals surface area contributed by atoms with Gasteiger partial charge in [0.15, 0.2) is 0 Å². The molecule has 0 bridgehead atoms. The minimum atomic E-state index is -3.49. The summed E-state index contributed by atoms with van der Waals surface area (Å²) in [6.07, 6.45) is 2.58. The van der Waals surface area contributed by atoms with Gasteiger partial charge in [0.1, 0.15) is 0 Å². The number of anilines is 1. The second-order valence-corrected chi connectivity index (χ2v) is 11.7. The van der Waals surface area contributed by atoms with E-state index in [0.717, 1.165) is 43.7 Å².